The van der Waals surface area contributed by atoms with Gasteiger partial charge in [0.1, 0.15) is 11.2 Å². The van der Waals surface area contributed by atoms with E-state index in [1.165, 1.54) is 6.20 Å². The van der Waals surface area contributed by atoms with Gasteiger partial charge in [-0.2, -0.15) is 5.10 Å². The number of aryl methyl sites for hydroxylation is 1. The summed E-state index contributed by atoms with van der Waals surface area (Å²) in [6.45, 7) is 1.74. The lowest BCUT2D eigenvalue weighted by Crippen LogP contribution is -2.25. The number of aromatic amines is 1. The number of aromatic nitrogens is 4. The minimum Gasteiger partial charge on any atom is -0.481 e. The highest BCUT2D eigenvalue weighted by atomic mass is 16.4. The van der Waals surface area contributed by atoms with Gasteiger partial charge in [0, 0.05) is 20.1 Å². The van der Waals surface area contributed by atoms with Crippen LogP contribution < -0.4 is 5.56 Å². The number of fused-ring (bicyclic) bond motifs is 1. The van der Waals surface area contributed by atoms with E-state index in [4.69, 9.17) is 0 Å². The van der Waals surface area contributed by atoms with Crippen LogP contribution in [0.2, 0.25) is 0 Å². The topological polar surface area (TPSA) is 104 Å². The fourth-order valence-corrected chi connectivity index (χ4v) is 3.67. The molecule has 2 aliphatic rings. The highest BCUT2D eigenvalue weighted by Gasteiger charge is 2.45. The third-order valence-electron chi connectivity index (χ3n) is 5.01. The SMILES string of the molecule is Cn1ncc2c(=O)[nH]c(CN3C[C@@H](C(=O)O)[C@H](C4CC4)C3)nc21. The molecule has 1 aliphatic heterocycles. The third kappa shape index (κ3) is 2.52. The average molecular weight is 317 g/mol. The van der Waals surface area contributed by atoms with E-state index in [-0.39, 0.29) is 17.4 Å². The van der Waals surface area contributed by atoms with Crippen molar-refractivity contribution in [3.8, 4) is 0 Å². The number of hydrogen-bond acceptors (Lipinski definition) is 5. The number of carbonyl (C=O) groups is 1. The number of nitrogens with one attached hydrogen (secondary N) is 1. The Morgan fingerprint density at radius 1 is 1.43 bits per heavy atom. The Hall–Kier alpha value is -2.22. The van der Waals surface area contributed by atoms with E-state index in [2.05, 4.69) is 20.0 Å². The second kappa shape index (κ2) is 5.16. The van der Waals surface area contributed by atoms with Crippen molar-refractivity contribution in [1.82, 2.24) is 24.6 Å². The molecule has 4 rings (SSSR count). The summed E-state index contributed by atoms with van der Waals surface area (Å²) in [5, 5.41) is 13.9. The van der Waals surface area contributed by atoms with Gasteiger partial charge in [-0.25, -0.2) is 4.98 Å². The zero-order valence-electron chi connectivity index (χ0n) is 12.9. The predicted molar refractivity (Wildman–Crippen MR) is 81.7 cm³/mol. The van der Waals surface area contributed by atoms with Crippen LogP contribution in [-0.4, -0.2) is 48.8 Å². The quantitative estimate of drug-likeness (QED) is 0.835. The Balaban J connectivity index is 1.57. The summed E-state index contributed by atoms with van der Waals surface area (Å²) in [7, 11) is 1.75. The molecular weight excluding hydrogens is 298 g/mol. The van der Waals surface area contributed by atoms with E-state index in [1.807, 2.05) is 0 Å². The van der Waals surface area contributed by atoms with Crippen molar-refractivity contribution in [1.29, 1.82) is 0 Å². The van der Waals surface area contributed by atoms with Crippen LogP contribution in [0.4, 0.5) is 0 Å². The van der Waals surface area contributed by atoms with Gasteiger partial charge >= 0.3 is 5.97 Å². The van der Waals surface area contributed by atoms with Gasteiger partial charge in [0.25, 0.3) is 5.56 Å². The van der Waals surface area contributed by atoms with Crippen LogP contribution in [0.5, 0.6) is 0 Å². The number of aliphatic carboxylic acids is 1. The largest absolute Gasteiger partial charge is 0.481 e. The van der Waals surface area contributed by atoms with E-state index >= 15 is 0 Å². The molecule has 2 N–H and O–H groups in total. The van der Waals surface area contributed by atoms with Crippen LogP contribution in [-0.2, 0) is 18.4 Å². The predicted octanol–water partition coefficient (Wildman–Crippen LogP) is 0.199. The van der Waals surface area contributed by atoms with Gasteiger partial charge < -0.3 is 10.1 Å². The highest BCUT2D eigenvalue weighted by molar-refractivity contribution is 5.73. The average Bonchev–Trinajstić information content (AvgIpc) is 3.16. The molecule has 2 aromatic heterocycles. The number of likely N-dealkylation sites (tertiary alicyclic amines) is 1. The Kier molecular flexibility index (Phi) is 3.22. The minimum absolute atomic E-state index is 0.203. The number of carboxylic acid groups (broad SMARTS) is 1. The first-order valence-corrected chi connectivity index (χ1v) is 7.89. The molecule has 2 aromatic rings. The first-order valence-electron chi connectivity index (χ1n) is 7.89. The number of rotatable bonds is 4. The zero-order valence-corrected chi connectivity index (χ0v) is 12.9. The number of H-pyrrole nitrogens is 1. The smallest absolute Gasteiger partial charge is 0.308 e. The number of hydrogen-bond donors (Lipinski definition) is 2. The molecule has 2 fully saturated rings. The molecule has 0 radical (unpaired) electrons. The summed E-state index contributed by atoms with van der Waals surface area (Å²) in [6.07, 6.45) is 3.78. The third-order valence-corrected chi connectivity index (χ3v) is 5.01. The highest BCUT2D eigenvalue weighted by Crippen LogP contribution is 2.44. The number of carboxylic acids is 1. The lowest BCUT2D eigenvalue weighted by molar-refractivity contribution is -0.142. The molecule has 8 heteroatoms. The van der Waals surface area contributed by atoms with Crippen molar-refractivity contribution in [3.63, 3.8) is 0 Å². The van der Waals surface area contributed by atoms with Crippen molar-refractivity contribution in [3.05, 3.63) is 22.4 Å². The summed E-state index contributed by atoms with van der Waals surface area (Å²) in [6, 6.07) is 0. The van der Waals surface area contributed by atoms with Crippen LogP contribution in [0.1, 0.15) is 18.7 Å². The Bertz CT molecular complexity index is 822. The van der Waals surface area contributed by atoms with Crippen LogP contribution >= 0.6 is 0 Å². The first kappa shape index (κ1) is 14.4. The van der Waals surface area contributed by atoms with Crippen LogP contribution in [0.25, 0.3) is 11.0 Å². The lowest BCUT2D eigenvalue weighted by Gasteiger charge is -2.14. The summed E-state index contributed by atoms with van der Waals surface area (Å²) in [4.78, 5) is 32.9. The Morgan fingerprint density at radius 3 is 2.91 bits per heavy atom. The fourth-order valence-electron chi connectivity index (χ4n) is 3.67. The maximum Gasteiger partial charge on any atom is 0.308 e. The Labute approximate surface area is 132 Å². The van der Waals surface area contributed by atoms with Gasteiger partial charge in [-0.1, -0.05) is 0 Å². The molecule has 0 spiro atoms. The molecule has 1 saturated heterocycles. The van der Waals surface area contributed by atoms with Gasteiger partial charge in [0.05, 0.1) is 18.7 Å². The Morgan fingerprint density at radius 2 is 2.22 bits per heavy atom. The summed E-state index contributed by atoms with van der Waals surface area (Å²) < 4.78 is 1.57. The maximum atomic E-state index is 12.1. The van der Waals surface area contributed by atoms with Gasteiger partial charge in [0.15, 0.2) is 5.65 Å². The summed E-state index contributed by atoms with van der Waals surface area (Å²) in [5.41, 5.74) is 0.349. The standard InChI is InChI=1S/C15H19N5O3/c1-19-13-9(4-16-19)14(21)18-12(17-13)7-20-5-10(8-2-3-8)11(6-20)15(22)23/h4,8,10-11H,2-3,5-7H2,1H3,(H,22,23)(H,17,18,21)/t10-,11+/m0/s1. The molecule has 0 aromatic carbocycles. The fraction of sp³-hybridized carbons (Fsp3) is 0.600. The normalized spacial score (nSPS) is 25.3. The van der Waals surface area contributed by atoms with E-state index in [0.717, 1.165) is 19.4 Å². The van der Waals surface area contributed by atoms with Crippen molar-refractivity contribution < 1.29 is 9.90 Å². The molecule has 1 aliphatic carbocycles. The van der Waals surface area contributed by atoms with Gasteiger partial charge in [-0.15, -0.1) is 0 Å². The van der Waals surface area contributed by atoms with Crippen LogP contribution in [0, 0.1) is 17.8 Å². The first-order chi connectivity index (χ1) is 11.0. The van der Waals surface area contributed by atoms with Crippen molar-refractivity contribution >= 4 is 17.0 Å². The molecule has 8 nitrogen and oxygen atoms in total. The van der Waals surface area contributed by atoms with E-state index in [0.29, 0.717) is 35.9 Å². The maximum absolute atomic E-state index is 12.1. The minimum atomic E-state index is -0.715. The van der Waals surface area contributed by atoms with Gasteiger partial charge in [0.2, 0.25) is 0 Å². The molecule has 122 valence electrons. The second-order valence-corrected chi connectivity index (χ2v) is 6.66. The monoisotopic (exact) mass is 317 g/mol. The molecular formula is C15H19N5O3. The zero-order chi connectivity index (χ0) is 16.1. The molecule has 23 heavy (non-hydrogen) atoms. The van der Waals surface area contributed by atoms with E-state index < -0.39 is 5.97 Å². The summed E-state index contributed by atoms with van der Waals surface area (Å²) >= 11 is 0. The molecule has 0 unspecified atom stereocenters. The molecule has 1 saturated carbocycles. The number of nitrogens with zero attached hydrogens (tertiary/aromatic N) is 4. The van der Waals surface area contributed by atoms with E-state index in [9.17, 15) is 14.7 Å². The lowest BCUT2D eigenvalue weighted by atomic mass is 9.92. The second-order valence-electron chi connectivity index (χ2n) is 6.66. The van der Waals surface area contributed by atoms with Crippen molar-refractivity contribution in [2.45, 2.75) is 19.4 Å². The van der Waals surface area contributed by atoms with Crippen LogP contribution in [0.3, 0.4) is 0 Å². The van der Waals surface area contributed by atoms with Crippen LogP contribution in [0.15, 0.2) is 11.0 Å². The van der Waals surface area contributed by atoms with Gasteiger partial charge in [-0.3, -0.25) is 19.2 Å². The molecule has 2 atom stereocenters. The van der Waals surface area contributed by atoms with Gasteiger partial charge in [-0.05, 0) is 24.7 Å². The van der Waals surface area contributed by atoms with Crippen molar-refractivity contribution in [2.75, 3.05) is 13.1 Å². The van der Waals surface area contributed by atoms with E-state index in [1.54, 1.807) is 11.7 Å². The summed E-state index contributed by atoms with van der Waals surface area (Å²) in [5.74, 6) is 0.307. The molecule has 3 heterocycles. The molecule has 0 bridgehead atoms. The van der Waals surface area contributed by atoms with Crippen molar-refractivity contribution in [2.24, 2.45) is 24.8 Å². The molecule has 0 amide bonds.